The summed E-state index contributed by atoms with van der Waals surface area (Å²) in [5.74, 6) is 1.97. The van der Waals surface area contributed by atoms with Crippen molar-refractivity contribution in [3.8, 4) is 11.5 Å². The summed E-state index contributed by atoms with van der Waals surface area (Å²) in [4.78, 5) is 4.02. The van der Waals surface area contributed by atoms with Gasteiger partial charge in [0, 0.05) is 12.3 Å². The lowest BCUT2D eigenvalue weighted by atomic mass is 10.3. The van der Waals surface area contributed by atoms with Gasteiger partial charge < -0.3 is 9.47 Å². The lowest BCUT2D eigenvalue weighted by Crippen LogP contribution is -2.04. The third-order valence-electron chi connectivity index (χ3n) is 1.87. The lowest BCUT2D eigenvalue weighted by molar-refractivity contribution is 0.339. The van der Waals surface area contributed by atoms with Gasteiger partial charge in [0.05, 0.1) is 6.61 Å². The Labute approximate surface area is 102 Å². The summed E-state index contributed by atoms with van der Waals surface area (Å²) in [5, 5.41) is 0. The van der Waals surface area contributed by atoms with Gasteiger partial charge in [-0.1, -0.05) is 18.7 Å². The number of hydrogen-bond donors (Lipinski definition) is 0. The highest BCUT2D eigenvalue weighted by Gasteiger charge is 2.00. The molecule has 0 spiro atoms. The first-order valence-electron chi connectivity index (χ1n) is 5.52. The molecule has 0 aliphatic heterocycles. The number of nitrogens with zero attached hydrogens (tertiary/aromatic N) is 1. The summed E-state index contributed by atoms with van der Waals surface area (Å²) in [7, 11) is 0. The normalized spacial score (nSPS) is 11.5. The van der Waals surface area contributed by atoms with Gasteiger partial charge in [0.1, 0.15) is 11.5 Å². The van der Waals surface area contributed by atoms with Crippen LogP contribution >= 0.6 is 0 Å². The minimum Gasteiger partial charge on any atom is -0.494 e. The van der Waals surface area contributed by atoms with Crippen molar-refractivity contribution < 1.29 is 9.47 Å². The average molecular weight is 231 g/mol. The zero-order valence-electron chi connectivity index (χ0n) is 10.2. The summed E-state index contributed by atoms with van der Waals surface area (Å²) in [6.45, 7) is 8.02. The molecule has 90 valence electrons. The lowest BCUT2D eigenvalue weighted by Gasteiger charge is -2.07. The van der Waals surface area contributed by atoms with E-state index in [1.165, 1.54) is 6.20 Å². The van der Waals surface area contributed by atoms with Crippen molar-refractivity contribution in [2.45, 2.75) is 13.8 Å². The Bertz CT molecular complexity index is 422. The second kappa shape index (κ2) is 7.28. The molecule has 0 aliphatic rings. The molecule has 0 radical (unpaired) electrons. The Morgan fingerprint density at radius 3 is 2.82 bits per heavy atom. The maximum Gasteiger partial charge on any atom is 0.218 e. The average Bonchev–Trinajstić information content (AvgIpc) is 2.30. The highest BCUT2D eigenvalue weighted by Crippen LogP contribution is 2.19. The van der Waals surface area contributed by atoms with Crippen molar-refractivity contribution in [3.05, 3.63) is 49.2 Å². The van der Waals surface area contributed by atoms with Crippen molar-refractivity contribution >= 4 is 5.90 Å². The molecule has 1 aromatic carbocycles. The van der Waals surface area contributed by atoms with Crippen molar-refractivity contribution in [2.24, 2.45) is 4.99 Å². The van der Waals surface area contributed by atoms with E-state index in [0.717, 1.165) is 5.75 Å². The van der Waals surface area contributed by atoms with Crippen molar-refractivity contribution in [1.82, 2.24) is 0 Å². The summed E-state index contributed by atoms with van der Waals surface area (Å²) in [6.07, 6.45) is 5.07. The van der Waals surface area contributed by atoms with Crippen molar-refractivity contribution in [1.29, 1.82) is 0 Å². The summed E-state index contributed by atoms with van der Waals surface area (Å²) < 4.78 is 11.0. The van der Waals surface area contributed by atoms with Gasteiger partial charge in [-0.3, -0.25) is 0 Å². The second-order valence-electron chi connectivity index (χ2n) is 3.16. The van der Waals surface area contributed by atoms with E-state index in [-0.39, 0.29) is 0 Å². The minimum atomic E-state index is 0.496. The van der Waals surface area contributed by atoms with Crippen molar-refractivity contribution in [3.63, 3.8) is 0 Å². The van der Waals surface area contributed by atoms with Gasteiger partial charge >= 0.3 is 0 Å². The maximum atomic E-state index is 5.59. The molecular weight excluding hydrogens is 214 g/mol. The van der Waals surface area contributed by atoms with Gasteiger partial charge in [-0.25, -0.2) is 4.99 Å². The largest absolute Gasteiger partial charge is 0.494 e. The topological polar surface area (TPSA) is 30.8 Å². The molecule has 0 aromatic heterocycles. The molecule has 0 saturated heterocycles. The quantitative estimate of drug-likeness (QED) is 0.573. The molecule has 3 nitrogen and oxygen atoms in total. The predicted octanol–water partition coefficient (Wildman–Crippen LogP) is 3.58. The van der Waals surface area contributed by atoms with E-state index < -0.39 is 0 Å². The Balaban J connectivity index is 2.82. The van der Waals surface area contributed by atoms with Crippen LogP contribution in [0.4, 0.5) is 0 Å². The standard InChI is InChI=1S/C14H17NO2/c1-4-8-14(15-5-2)17-13-10-7-9-12(11-13)16-6-3/h4-5,7-11H,2,6H2,1,3H3/b8-4-,15-14?. The highest BCUT2D eigenvalue weighted by atomic mass is 16.5. The van der Waals surface area contributed by atoms with E-state index in [9.17, 15) is 0 Å². The van der Waals surface area contributed by atoms with Gasteiger partial charge in [0.2, 0.25) is 5.90 Å². The fraction of sp³-hybridized carbons (Fsp3) is 0.214. The molecule has 0 saturated carbocycles. The first kappa shape index (κ1) is 13.0. The van der Waals surface area contributed by atoms with Crippen LogP contribution in [0.5, 0.6) is 11.5 Å². The van der Waals surface area contributed by atoms with Crippen LogP contribution in [0.1, 0.15) is 13.8 Å². The third-order valence-corrected chi connectivity index (χ3v) is 1.87. The SMILES string of the molecule is C=CN=C(/C=C\C)Oc1cccc(OCC)c1. The number of benzene rings is 1. The highest BCUT2D eigenvalue weighted by molar-refractivity contribution is 5.89. The molecule has 0 unspecified atom stereocenters. The minimum absolute atomic E-state index is 0.496. The number of ether oxygens (including phenoxy) is 2. The molecule has 0 heterocycles. The van der Waals surface area contributed by atoms with Gasteiger partial charge in [-0.15, -0.1) is 0 Å². The Kier molecular flexibility index (Phi) is 5.58. The first-order chi connectivity index (χ1) is 8.30. The Morgan fingerprint density at radius 2 is 2.18 bits per heavy atom. The van der Waals surface area contributed by atoms with Gasteiger partial charge in [0.15, 0.2) is 0 Å². The summed E-state index contributed by atoms with van der Waals surface area (Å²) >= 11 is 0. The smallest absolute Gasteiger partial charge is 0.218 e. The molecule has 0 aliphatic carbocycles. The van der Waals surface area contributed by atoms with Crippen molar-refractivity contribution in [2.75, 3.05) is 6.61 Å². The number of aliphatic imine (C=N–C) groups is 1. The van der Waals surface area contributed by atoms with Gasteiger partial charge in [-0.05, 0) is 32.1 Å². The van der Waals surface area contributed by atoms with Crippen LogP contribution in [0.2, 0.25) is 0 Å². The summed E-state index contributed by atoms with van der Waals surface area (Å²) in [5.41, 5.74) is 0. The molecule has 0 bridgehead atoms. The van der Waals surface area contributed by atoms with E-state index in [4.69, 9.17) is 9.47 Å². The van der Waals surface area contributed by atoms with E-state index in [1.54, 1.807) is 6.08 Å². The first-order valence-corrected chi connectivity index (χ1v) is 5.52. The van der Waals surface area contributed by atoms with E-state index in [1.807, 2.05) is 44.2 Å². The van der Waals surface area contributed by atoms with Gasteiger partial charge in [-0.2, -0.15) is 0 Å². The molecule has 1 rings (SSSR count). The van der Waals surface area contributed by atoms with Crippen LogP contribution in [0.3, 0.4) is 0 Å². The van der Waals surface area contributed by atoms with Crippen LogP contribution in [-0.2, 0) is 0 Å². The van der Waals surface area contributed by atoms with Crippen LogP contribution in [0, 0.1) is 0 Å². The van der Waals surface area contributed by atoms with Crippen LogP contribution in [0.15, 0.2) is 54.2 Å². The molecule has 3 heteroatoms. The molecular formula is C14H17NO2. The van der Waals surface area contributed by atoms with Gasteiger partial charge in [0.25, 0.3) is 0 Å². The van der Waals surface area contributed by atoms with E-state index in [2.05, 4.69) is 11.6 Å². The second-order valence-corrected chi connectivity index (χ2v) is 3.16. The molecule has 0 amide bonds. The molecule has 1 aromatic rings. The van der Waals surface area contributed by atoms with Crippen LogP contribution in [0.25, 0.3) is 0 Å². The number of hydrogen-bond acceptors (Lipinski definition) is 3. The Morgan fingerprint density at radius 1 is 1.41 bits per heavy atom. The molecule has 17 heavy (non-hydrogen) atoms. The third kappa shape index (κ3) is 4.55. The monoisotopic (exact) mass is 231 g/mol. The fourth-order valence-electron chi connectivity index (χ4n) is 1.25. The van der Waals surface area contributed by atoms with E-state index in [0.29, 0.717) is 18.3 Å². The predicted molar refractivity (Wildman–Crippen MR) is 70.7 cm³/mol. The molecule has 0 N–H and O–H groups in total. The molecule has 0 atom stereocenters. The molecule has 0 fully saturated rings. The van der Waals surface area contributed by atoms with E-state index >= 15 is 0 Å². The maximum absolute atomic E-state index is 5.59. The fourth-order valence-corrected chi connectivity index (χ4v) is 1.25. The van der Waals surface area contributed by atoms with Crippen LogP contribution < -0.4 is 9.47 Å². The number of allylic oxidation sites excluding steroid dienone is 1. The summed E-state index contributed by atoms with van der Waals surface area (Å²) in [6, 6.07) is 7.44. The number of rotatable bonds is 5. The van der Waals surface area contributed by atoms with Crippen LogP contribution in [-0.4, -0.2) is 12.5 Å². The zero-order valence-corrected chi connectivity index (χ0v) is 10.2. The zero-order chi connectivity index (χ0) is 12.5. The Hall–Kier alpha value is -2.03.